The summed E-state index contributed by atoms with van der Waals surface area (Å²) >= 11 is 8.55. The monoisotopic (exact) mass is 274 g/mol. The lowest BCUT2D eigenvalue weighted by Gasteiger charge is -2.04. The van der Waals surface area contributed by atoms with Gasteiger partial charge < -0.3 is 0 Å². The van der Waals surface area contributed by atoms with Crippen LogP contribution in [-0.2, 0) is 0 Å². The Bertz CT molecular complexity index is 388. The first kappa shape index (κ1) is 11.4. The Morgan fingerprint density at radius 2 is 1.93 bits per heavy atom. The van der Waals surface area contributed by atoms with Crippen molar-refractivity contribution in [3.8, 4) is 0 Å². The van der Waals surface area contributed by atoms with Gasteiger partial charge in [0.1, 0.15) is 0 Å². The zero-order valence-electron chi connectivity index (χ0n) is 7.51. The number of hydrogen-bond donors (Lipinski definition) is 0. The van der Waals surface area contributed by atoms with Gasteiger partial charge in [0.15, 0.2) is 5.78 Å². The second-order valence-corrected chi connectivity index (χ2v) is 3.85. The summed E-state index contributed by atoms with van der Waals surface area (Å²) in [6.45, 7) is 1.77. The molecule has 0 amide bonds. The average Bonchev–Trinajstić information content (AvgIpc) is 2.16. The molecule has 0 heterocycles. The number of rotatable bonds is 3. The Hall–Kier alpha value is -0.670. The molecule has 1 aromatic carbocycles. The van der Waals surface area contributed by atoms with Gasteiger partial charge in [-0.05, 0) is 33.6 Å². The molecule has 1 aromatic rings. The molecule has 0 saturated carbocycles. The van der Waals surface area contributed by atoms with E-state index in [4.69, 9.17) is 11.6 Å². The van der Waals surface area contributed by atoms with E-state index in [0.29, 0.717) is 22.0 Å². The van der Waals surface area contributed by atoms with Crippen molar-refractivity contribution < 1.29 is 9.59 Å². The highest BCUT2D eigenvalue weighted by Gasteiger charge is 2.14. The number of halogens is 2. The highest BCUT2D eigenvalue weighted by molar-refractivity contribution is 9.10. The second-order valence-electron chi connectivity index (χ2n) is 2.72. The average molecular weight is 276 g/mol. The normalized spacial score (nSPS) is 9.93. The highest BCUT2D eigenvalue weighted by atomic mass is 79.9. The molecule has 0 spiro atoms. The molecule has 0 unspecified atom stereocenters. The van der Waals surface area contributed by atoms with Crippen LogP contribution in [0.2, 0.25) is 0 Å². The standard InChI is InChI=1S/C10H8BrClO2/c1-2-8(13)6-4-3-5-7(9(6)11)10(12)14/h3-5H,2H2,1H3. The molecular weight excluding hydrogens is 267 g/mol. The molecule has 0 atom stereocenters. The zero-order chi connectivity index (χ0) is 10.7. The Balaban J connectivity index is 3.27. The topological polar surface area (TPSA) is 34.1 Å². The Morgan fingerprint density at radius 3 is 2.43 bits per heavy atom. The summed E-state index contributed by atoms with van der Waals surface area (Å²) in [5, 5.41) is -0.567. The van der Waals surface area contributed by atoms with Crippen molar-refractivity contribution in [2.45, 2.75) is 13.3 Å². The summed E-state index contributed by atoms with van der Waals surface area (Å²) in [7, 11) is 0. The van der Waals surface area contributed by atoms with E-state index < -0.39 is 5.24 Å². The van der Waals surface area contributed by atoms with Crippen LogP contribution in [0.4, 0.5) is 0 Å². The minimum absolute atomic E-state index is 0.0170. The smallest absolute Gasteiger partial charge is 0.253 e. The van der Waals surface area contributed by atoms with Crippen molar-refractivity contribution in [3.05, 3.63) is 33.8 Å². The lowest BCUT2D eigenvalue weighted by molar-refractivity contribution is 0.0987. The first-order chi connectivity index (χ1) is 6.57. The molecule has 0 fully saturated rings. The van der Waals surface area contributed by atoms with E-state index in [-0.39, 0.29) is 5.78 Å². The van der Waals surface area contributed by atoms with Crippen molar-refractivity contribution >= 4 is 38.6 Å². The molecule has 2 nitrogen and oxygen atoms in total. The number of carbonyl (C=O) groups is 2. The molecule has 0 bridgehead atoms. The Labute approximate surface area is 95.4 Å². The van der Waals surface area contributed by atoms with Crippen LogP contribution in [0.15, 0.2) is 22.7 Å². The van der Waals surface area contributed by atoms with Crippen LogP contribution in [0.25, 0.3) is 0 Å². The molecule has 1 rings (SSSR count). The lowest BCUT2D eigenvalue weighted by atomic mass is 10.1. The quantitative estimate of drug-likeness (QED) is 0.626. The first-order valence-electron chi connectivity index (χ1n) is 4.09. The number of carbonyl (C=O) groups excluding carboxylic acids is 2. The van der Waals surface area contributed by atoms with Crippen LogP contribution in [0, 0.1) is 0 Å². The SMILES string of the molecule is CCC(=O)c1cccc(C(=O)Cl)c1Br. The molecular formula is C10H8BrClO2. The van der Waals surface area contributed by atoms with Crippen molar-refractivity contribution in [2.75, 3.05) is 0 Å². The molecule has 0 aliphatic rings. The molecule has 0 aromatic heterocycles. The number of benzene rings is 1. The number of ketones is 1. The van der Waals surface area contributed by atoms with Crippen LogP contribution in [0.5, 0.6) is 0 Å². The van der Waals surface area contributed by atoms with Crippen LogP contribution in [0.1, 0.15) is 34.1 Å². The third-order valence-electron chi connectivity index (χ3n) is 1.83. The fourth-order valence-corrected chi connectivity index (χ4v) is 2.03. The maximum Gasteiger partial charge on any atom is 0.253 e. The largest absolute Gasteiger partial charge is 0.294 e. The van der Waals surface area contributed by atoms with Crippen LogP contribution >= 0.6 is 27.5 Å². The van der Waals surface area contributed by atoms with E-state index in [9.17, 15) is 9.59 Å². The maximum atomic E-state index is 11.4. The zero-order valence-corrected chi connectivity index (χ0v) is 9.85. The van der Waals surface area contributed by atoms with Crippen LogP contribution < -0.4 is 0 Å². The van der Waals surface area contributed by atoms with Gasteiger partial charge in [0.2, 0.25) is 0 Å². The van der Waals surface area contributed by atoms with Crippen molar-refractivity contribution in [1.82, 2.24) is 0 Å². The van der Waals surface area contributed by atoms with E-state index in [2.05, 4.69) is 15.9 Å². The second kappa shape index (κ2) is 4.71. The van der Waals surface area contributed by atoms with Crippen LogP contribution in [-0.4, -0.2) is 11.0 Å². The molecule has 0 N–H and O–H groups in total. The minimum Gasteiger partial charge on any atom is -0.294 e. The van der Waals surface area contributed by atoms with Crippen molar-refractivity contribution in [3.63, 3.8) is 0 Å². The van der Waals surface area contributed by atoms with Gasteiger partial charge in [0, 0.05) is 22.0 Å². The van der Waals surface area contributed by atoms with Gasteiger partial charge in [-0.15, -0.1) is 0 Å². The lowest BCUT2D eigenvalue weighted by Crippen LogP contribution is -2.01. The molecule has 0 aliphatic heterocycles. The highest BCUT2D eigenvalue weighted by Crippen LogP contribution is 2.24. The van der Waals surface area contributed by atoms with Gasteiger partial charge in [-0.25, -0.2) is 0 Å². The summed E-state index contributed by atoms with van der Waals surface area (Å²) < 4.78 is 0.479. The Kier molecular flexibility index (Phi) is 3.84. The maximum absolute atomic E-state index is 11.4. The van der Waals surface area contributed by atoms with Crippen molar-refractivity contribution in [2.24, 2.45) is 0 Å². The Morgan fingerprint density at radius 1 is 1.36 bits per heavy atom. The van der Waals surface area contributed by atoms with E-state index in [0.717, 1.165) is 0 Å². The number of hydrogen-bond acceptors (Lipinski definition) is 2. The summed E-state index contributed by atoms with van der Waals surface area (Å²) in [5.74, 6) is -0.0170. The van der Waals surface area contributed by atoms with Gasteiger partial charge in [-0.1, -0.05) is 19.1 Å². The summed E-state index contributed by atoms with van der Waals surface area (Å²) in [4.78, 5) is 22.4. The minimum atomic E-state index is -0.567. The van der Waals surface area contributed by atoms with E-state index in [1.54, 1.807) is 25.1 Å². The van der Waals surface area contributed by atoms with E-state index >= 15 is 0 Å². The molecule has 4 heteroatoms. The van der Waals surface area contributed by atoms with Gasteiger partial charge in [0.25, 0.3) is 5.24 Å². The fourth-order valence-electron chi connectivity index (χ4n) is 1.09. The predicted molar refractivity (Wildman–Crippen MR) is 58.9 cm³/mol. The van der Waals surface area contributed by atoms with E-state index in [1.165, 1.54) is 0 Å². The third-order valence-corrected chi connectivity index (χ3v) is 2.89. The van der Waals surface area contributed by atoms with Gasteiger partial charge >= 0.3 is 0 Å². The predicted octanol–water partition coefficient (Wildman–Crippen LogP) is 3.42. The fraction of sp³-hybridized carbons (Fsp3) is 0.200. The van der Waals surface area contributed by atoms with Crippen molar-refractivity contribution in [1.29, 1.82) is 0 Å². The third kappa shape index (κ3) is 2.22. The molecule has 0 saturated heterocycles. The molecule has 0 radical (unpaired) electrons. The van der Waals surface area contributed by atoms with Crippen LogP contribution in [0.3, 0.4) is 0 Å². The van der Waals surface area contributed by atoms with Gasteiger partial charge in [0.05, 0.1) is 0 Å². The number of Topliss-reactive ketones (excluding diaryl/α,β-unsaturated/α-hetero) is 1. The summed E-state index contributed by atoms with van der Waals surface area (Å²) in [5.41, 5.74) is 0.824. The summed E-state index contributed by atoms with van der Waals surface area (Å²) in [6.07, 6.45) is 0.401. The molecule has 14 heavy (non-hydrogen) atoms. The molecule has 74 valence electrons. The first-order valence-corrected chi connectivity index (χ1v) is 5.26. The van der Waals surface area contributed by atoms with Gasteiger partial charge in [-0.2, -0.15) is 0 Å². The molecule has 0 aliphatic carbocycles. The van der Waals surface area contributed by atoms with Gasteiger partial charge in [-0.3, -0.25) is 9.59 Å². The van der Waals surface area contributed by atoms with E-state index in [1.807, 2.05) is 0 Å². The summed E-state index contributed by atoms with van der Waals surface area (Å²) in [6, 6.07) is 4.88.